The summed E-state index contributed by atoms with van der Waals surface area (Å²) in [6.07, 6.45) is 2.52. The fourth-order valence-corrected chi connectivity index (χ4v) is 2.74. The number of aliphatic hydroxyl groups excluding tert-OH is 1. The number of hydrogen-bond donors (Lipinski definition) is 1. The number of aliphatic hydroxyl groups is 1. The Kier molecular flexibility index (Phi) is 3.22. The number of piperazine rings is 1. The molecule has 1 aromatic heterocycles. The lowest BCUT2D eigenvalue weighted by atomic mass is 10.1. The lowest BCUT2D eigenvalue weighted by Gasteiger charge is -2.31. The molecule has 2 atom stereocenters. The van der Waals surface area contributed by atoms with E-state index in [0.717, 1.165) is 45.4 Å². The number of hydrogen-bond acceptors (Lipinski definition) is 6. The molecule has 1 aromatic rings. The Morgan fingerprint density at radius 2 is 2.00 bits per heavy atom. The summed E-state index contributed by atoms with van der Waals surface area (Å²) < 4.78 is 5.32. The van der Waals surface area contributed by atoms with Gasteiger partial charge in [0.25, 0.3) is 5.95 Å². The van der Waals surface area contributed by atoms with Crippen LogP contribution in [0.1, 0.15) is 31.1 Å². The quantitative estimate of drug-likeness (QED) is 0.824. The number of likely N-dealkylation sites (N-methyl/N-ethyl adjacent to an activating group) is 1. The van der Waals surface area contributed by atoms with Crippen molar-refractivity contribution < 1.29 is 9.63 Å². The summed E-state index contributed by atoms with van der Waals surface area (Å²) in [6, 6.07) is 0. The van der Waals surface area contributed by atoms with Crippen molar-refractivity contribution >= 4 is 5.95 Å². The largest absolute Gasteiger partial charge is 0.392 e. The maximum atomic E-state index is 9.85. The van der Waals surface area contributed by atoms with Crippen molar-refractivity contribution in [2.24, 2.45) is 0 Å². The minimum Gasteiger partial charge on any atom is -0.392 e. The Balaban J connectivity index is 1.69. The minimum atomic E-state index is -0.314. The summed E-state index contributed by atoms with van der Waals surface area (Å²) in [7, 11) is 2.12. The van der Waals surface area contributed by atoms with E-state index in [-0.39, 0.29) is 12.0 Å². The molecule has 0 spiro atoms. The topological polar surface area (TPSA) is 65.6 Å². The van der Waals surface area contributed by atoms with Gasteiger partial charge in [0, 0.05) is 26.2 Å². The van der Waals surface area contributed by atoms with Crippen LogP contribution in [-0.2, 0) is 0 Å². The highest BCUT2D eigenvalue weighted by molar-refractivity contribution is 5.29. The van der Waals surface area contributed by atoms with Gasteiger partial charge >= 0.3 is 0 Å². The highest BCUT2D eigenvalue weighted by Gasteiger charge is 2.32. The molecule has 1 aliphatic carbocycles. The van der Waals surface area contributed by atoms with E-state index in [1.807, 2.05) is 0 Å². The minimum absolute atomic E-state index is 0.0405. The van der Waals surface area contributed by atoms with E-state index < -0.39 is 0 Å². The first-order chi connectivity index (χ1) is 8.74. The molecule has 6 heteroatoms. The molecule has 0 bridgehead atoms. The normalized spacial score (nSPS) is 30.0. The standard InChI is InChI=1S/C12H20N4O2/c1-15-5-7-16(8-6-15)12-13-11(18-14-12)9-3-2-4-10(9)17/h9-10,17H,2-8H2,1H3. The molecule has 1 saturated heterocycles. The van der Waals surface area contributed by atoms with Gasteiger partial charge in [-0.2, -0.15) is 4.98 Å². The van der Waals surface area contributed by atoms with Crippen LogP contribution in [0.15, 0.2) is 4.52 Å². The molecule has 100 valence electrons. The third-order valence-electron chi connectivity index (χ3n) is 4.01. The van der Waals surface area contributed by atoms with Gasteiger partial charge < -0.3 is 19.4 Å². The lowest BCUT2D eigenvalue weighted by molar-refractivity contribution is 0.148. The van der Waals surface area contributed by atoms with E-state index in [2.05, 4.69) is 27.0 Å². The van der Waals surface area contributed by atoms with E-state index >= 15 is 0 Å². The molecular formula is C12H20N4O2. The Labute approximate surface area is 107 Å². The summed E-state index contributed by atoms with van der Waals surface area (Å²) in [6.45, 7) is 3.91. The maximum absolute atomic E-state index is 9.85. The van der Waals surface area contributed by atoms with Crippen LogP contribution in [0.25, 0.3) is 0 Å². The second kappa shape index (κ2) is 4.85. The van der Waals surface area contributed by atoms with E-state index in [1.54, 1.807) is 0 Å². The Bertz CT molecular complexity index is 401. The lowest BCUT2D eigenvalue weighted by Crippen LogP contribution is -2.44. The number of aromatic nitrogens is 2. The number of anilines is 1. The molecule has 0 aromatic carbocycles. The molecular weight excluding hydrogens is 232 g/mol. The average molecular weight is 252 g/mol. The molecule has 2 aliphatic rings. The second-order valence-corrected chi connectivity index (χ2v) is 5.33. The summed E-state index contributed by atoms with van der Waals surface area (Å²) in [5, 5.41) is 13.9. The zero-order valence-corrected chi connectivity index (χ0v) is 10.7. The van der Waals surface area contributed by atoms with Gasteiger partial charge in [-0.15, -0.1) is 0 Å². The van der Waals surface area contributed by atoms with Crippen molar-refractivity contribution in [1.29, 1.82) is 0 Å². The average Bonchev–Trinajstić information content (AvgIpc) is 2.98. The molecule has 2 heterocycles. The second-order valence-electron chi connectivity index (χ2n) is 5.33. The molecule has 0 radical (unpaired) electrons. The molecule has 6 nitrogen and oxygen atoms in total. The highest BCUT2D eigenvalue weighted by atomic mass is 16.5. The zero-order chi connectivity index (χ0) is 12.5. The maximum Gasteiger partial charge on any atom is 0.266 e. The Hall–Kier alpha value is -1.14. The van der Waals surface area contributed by atoms with Crippen LogP contribution in [0.3, 0.4) is 0 Å². The summed E-state index contributed by atoms with van der Waals surface area (Å²) >= 11 is 0. The summed E-state index contributed by atoms with van der Waals surface area (Å²) in [5.74, 6) is 1.32. The van der Waals surface area contributed by atoms with Gasteiger partial charge in [0.2, 0.25) is 5.89 Å². The van der Waals surface area contributed by atoms with Crippen LogP contribution < -0.4 is 4.90 Å². The first-order valence-corrected chi connectivity index (χ1v) is 6.69. The highest BCUT2D eigenvalue weighted by Crippen LogP contribution is 2.34. The van der Waals surface area contributed by atoms with Crippen LogP contribution in [0.4, 0.5) is 5.95 Å². The van der Waals surface area contributed by atoms with E-state index in [4.69, 9.17) is 4.52 Å². The van der Waals surface area contributed by atoms with Gasteiger partial charge in [-0.3, -0.25) is 0 Å². The molecule has 18 heavy (non-hydrogen) atoms. The molecule has 3 rings (SSSR count). The van der Waals surface area contributed by atoms with Gasteiger partial charge in [0.1, 0.15) is 0 Å². The summed E-state index contributed by atoms with van der Waals surface area (Å²) in [4.78, 5) is 8.90. The van der Waals surface area contributed by atoms with Gasteiger partial charge in [-0.1, -0.05) is 0 Å². The van der Waals surface area contributed by atoms with E-state index in [1.165, 1.54) is 0 Å². The predicted octanol–water partition coefficient (Wildman–Crippen LogP) is 0.450. The van der Waals surface area contributed by atoms with Crippen molar-refractivity contribution in [1.82, 2.24) is 15.0 Å². The predicted molar refractivity (Wildman–Crippen MR) is 66.6 cm³/mol. The Morgan fingerprint density at radius 3 is 2.67 bits per heavy atom. The van der Waals surface area contributed by atoms with Gasteiger partial charge in [-0.25, -0.2) is 0 Å². The molecule has 1 aliphatic heterocycles. The number of rotatable bonds is 2. The van der Waals surface area contributed by atoms with Crippen LogP contribution >= 0.6 is 0 Å². The van der Waals surface area contributed by atoms with Crippen molar-refractivity contribution in [3.8, 4) is 0 Å². The first-order valence-electron chi connectivity index (χ1n) is 6.69. The van der Waals surface area contributed by atoms with Crippen LogP contribution in [0, 0.1) is 0 Å². The smallest absolute Gasteiger partial charge is 0.266 e. The zero-order valence-electron chi connectivity index (χ0n) is 10.7. The third kappa shape index (κ3) is 2.22. The molecule has 0 amide bonds. The molecule has 2 unspecified atom stereocenters. The fourth-order valence-electron chi connectivity index (χ4n) is 2.74. The van der Waals surface area contributed by atoms with Crippen molar-refractivity contribution in [3.63, 3.8) is 0 Å². The van der Waals surface area contributed by atoms with Crippen LogP contribution in [-0.4, -0.2) is 59.5 Å². The van der Waals surface area contributed by atoms with E-state index in [0.29, 0.717) is 11.8 Å². The van der Waals surface area contributed by atoms with Crippen molar-refractivity contribution in [2.45, 2.75) is 31.3 Å². The van der Waals surface area contributed by atoms with Crippen LogP contribution in [0.5, 0.6) is 0 Å². The summed E-state index contributed by atoms with van der Waals surface area (Å²) in [5.41, 5.74) is 0. The van der Waals surface area contributed by atoms with Gasteiger partial charge in [0.15, 0.2) is 0 Å². The van der Waals surface area contributed by atoms with Gasteiger partial charge in [-0.05, 0) is 31.5 Å². The third-order valence-corrected chi connectivity index (χ3v) is 4.01. The molecule has 2 fully saturated rings. The monoisotopic (exact) mass is 252 g/mol. The fraction of sp³-hybridized carbons (Fsp3) is 0.833. The molecule has 1 N–H and O–H groups in total. The SMILES string of the molecule is CN1CCN(c2noc(C3CCCC3O)n2)CC1. The Morgan fingerprint density at radius 1 is 1.22 bits per heavy atom. The van der Waals surface area contributed by atoms with Gasteiger partial charge in [0.05, 0.1) is 12.0 Å². The molecule has 1 saturated carbocycles. The van der Waals surface area contributed by atoms with Crippen molar-refractivity contribution in [3.05, 3.63) is 5.89 Å². The first kappa shape index (κ1) is 11.9. The van der Waals surface area contributed by atoms with Crippen LogP contribution in [0.2, 0.25) is 0 Å². The number of nitrogens with zero attached hydrogens (tertiary/aromatic N) is 4. The van der Waals surface area contributed by atoms with Crippen molar-refractivity contribution in [2.75, 3.05) is 38.1 Å². The van der Waals surface area contributed by atoms with E-state index in [9.17, 15) is 5.11 Å².